The van der Waals surface area contributed by atoms with Gasteiger partial charge in [-0.1, -0.05) is 11.6 Å². The largest absolute Gasteiger partial charge is 0.481 e. The van der Waals surface area contributed by atoms with Crippen LogP contribution in [-0.2, 0) is 9.53 Å². The molecule has 0 radical (unpaired) electrons. The maximum absolute atomic E-state index is 13.0. The zero-order valence-corrected chi connectivity index (χ0v) is 11.4. The molecule has 0 saturated heterocycles. The van der Waals surface area contributed by atoms with E-state index in [1.165, 1.54) is 19.2 Å². The minimum atomic E-state index is -1.03. The Morgan fingerprint density at radius 2 is 2.20 bits per heavy atom. The number of ether oxygens (including phenoxy) is 1. The fourth-order valence-corrected chi connectivity index (χ4v) is 1.56. The first-order chi connectivity index (χ1) is 9.42. The second kappa shape index (κ2) is 7.66. The van der Waals surface area contributed by atoms with Crippen LogP contribution < -0.4 is 10.6 Å². The zero-order valence-electron chi connectivity index (χ0n) is 10.7. The molecule has 1 atom stereocenters. The van der Waals surface area contributed by atoms with Gasteiger partial charge < -0.3 is 20.5 Å². The zero-order chi connectivity index (χ0) is 15.1. The highest BCUT2D eigenvalue weighted by molar-refractivity contribution is 6.33. The van der Waals surface area contributed by atoms with E-state index in [-0.39, 0.29) is 23.7 Å². The number of aliphatic carboxylic acids is 1. The molecule has 1 rings (SSSR count). The van der Waals surface area contributed by atoms with E-state index in [0.29, 0.717) is 0 Å². The highest BCUT2D eigenvalue weighted by Gasteiger charge is 2.14. The number of methoxy groups -OCH3 is 1. The number of amides is 2. The molecule has 0 saturated carbocycles. The molecule has 8 heteroatoms. The molecule has 0 heterocycles. The van der Waals surface area contributed by atoms with Crippen LogP contribution in [0.2, 0.25) is 5.02 Å². The van der Waals surface area contributed by atoms with Gasteiger partial charge in [0.2, 0.25) is 0 Å². The van der Waals surface area contributed by atoms with Crippen LogP contribution in [0.3, 0.4) is 0 Å². The van der Waals surface area contributed by atoms with Crippen LogP contribution in [0.4, 0.5) is 14.9 Å². The van der Waals surface area contributed by atoms with Crippen molar-refractivity contribution in [3.05, 3.63) is 29.0 Å². The lowest BCUT2D eigenvalue weighted by molar-refractivity contribution is -0.139. The van der Waals surface area contributed by atoms with Crippen molar-refractivity contribution in [2.24, 2.45) is 0 Å². The molecule has 3 N–H and O–H groups in total. The molecule has 0 fully saturated rings. The summed E-state index contributed by atoms with van der Waals surface area (Å²) in [6, 6.07) is 2.92. The monoisotopic (exact) mass is 304 g/mol. The molecule has 1 aromatic carbocycles. The third-order valence-corrected chi connectivity index (χ3v) is 2.73. The molecule has 0 bridgehead atoms. The third-order valence-electron chi connectivity index (χ3n) is 2.40. The third kappa shape index (κ3) is 5.41. The van der Waals surface area contributed by atoms with Gasteiger partial charge in [0.25, 0.3) is 0 Å². The first-order valence-corrected chi connectivity index (χ1v) is 6.04. The van der Waals surface area contributed by atoms with Crippen LogP contribution in [0.1, 0.15) is 6.42 Å². The second-order valence-electron chi connectivity index (χ2n) is 3.91. The standard InChI is InChI=1S/C12H14ClFN2O4/c1-20-8(5-11(17)18)6-15-12(19)16-10-4-7(14)2-3-9(10)13/h2-4,8H,5-6H2,1H3,(H,17,18)(H2,15,16,19). The molecule has 1 aromatic rings. The number of carbonyl (C=O) groups excluding carboxylic acids is 1. The number of hydrogen-bond acceptors (Lipinski definition) is 3. The van der Waals surface area contributed by atoms with Crippen LogP contribution in [0.15, 0.2) is 18.2 Å². The number of halogens is 2. The van der Waals surface area contributed by atoms with Gasteiger partial charge >= 0.3 is 12.0 Å². The van der Waals surface area contributed by atoms with Gasteiger partial charge in [-0.25, -0.2) is 9.18 Å². The molecular weight excluding hydrogens is 291 g/mol. The lowest BCUT2D eigenvalue weighted by Crippen LogP contribution is -2.37. The molecule has 1 unspecified atom stereocenters. The van der Waals surface area contributed by atoms with Gasteiger partial charge in [0.15, 0.2) is 0 Å². The van der Waals surface area contributed by atoms with Gasteiger partial charge in [-0.15, -0.1) is 0 Å². The fraction of sp³-hybridized carbons (Fsp3) is 0.333. The van der Waals surface area contributed by atoms with E-state index in [9.17, 15) is 14.0 Å². The van der Waals surface area contributed by atoms with Gasteiger partial charge in [-0.2, -0.15) is 0 Å². The summed E-state index contributed by atoms with van der Waals surface area (Å²) in [6.07, 6.45) is -0.890. The molecule has 2 amide bonds. The summed E-state index contributed by atoms with van der Waals surface area (Å²) in [5.74, 6) is -1.57. The highest BCUT2D eigenvalue weighted by Crippen LogP contribution is 2.22. The van der Waals surface area contributed by atoms with Crippen molar-refractivity contribution in [2.45, 2.75) is 12.5 Å². The molecule has 6 nitrogen and oxygen atoms in total. The Morgan fingerprint density at radius 3 is 2.80 bits per heavy atom. The Labute approximate surface area is 119 Å². The van der Waals surface area contributed by atoms with Crippen molar-refractivity contribution in [1.82, 2.24) is 5.32 Å². The van der Waals surface area contributed by atoms with Crippen LogP contribution in [0, 0.1) is 5.82 Å². The first-order valence-electron chi connectivity index (χ1n) is 5.67. The summed E-state index contributed by atoms with van der Waals surface area (Å²) in [6.45, 7) is 0.00156. The van der Waals surface area contributed by atoms with Gasteiger partial charge in [-0.3, -0.25) is 4.79 Å². The van der Waals surface area contributed by atoms with E-state index < -0.39 is 23.9 Å². The average molecular weight is 305 g/mol. The number of rotatable bonds is 6. The van der Waals surface area contributed by atoms with E-state index in [2.05, 4.69) is 10.6 Å². The summed E-state index contributed by atoms with van der Waals surface area (Å²) in [5.41, 5.74) is 0.122. The molecule has 0 aliphatic carbocycles. The lowest BCUT2D eigenvalue weighted by atomic mass is 10.2. The van der Waals surface area contributed by atoms with Crippen molar-refractivity contribution in [3.8, 4) is 0 Å². The topological polar surface area (TPSA) is 87.7 Å². The number of carbonyl (C=O) groups is 2. The van der Waals surface area contributed by atoms with Gasteiger partial charge in [0.05, 0.1) is 23.2 Å². The molecule has 20 heavy (non-hydrogen) atoms. The van der Waals surface area contributed by atoms with Crippen molar-refractivity contribution in [3.63, 3.8) is 0 Å². The van der Waals surface area contributed by atoms with Crippen LogP contribution >= 0.6 is 11.6 Å². The van der Waals surface area contributed by atoms with E-state index in [1.54, 1.807) is 0 Å². The van der Waals surface area contributed by atoms with Crippen molar-refractivity contribution < 1.29 is 23.8 Å². The predicted octanol–water partition coefficient (Wildman–Crippen LogP) is 2.09. The normalized spacial score (nSPS) is 11.8. The number of hydrogen-bond donors (Lipinski definition) is 3. The Balaban J connectivity index is 2.51. The molecule has 0 aliphatic rings. The van der Waals surface area contributed by atoms with E-state index >= 15 is 0 Å². The summed E-state index contributed by atoms with van der Waals surface area (Å²) in [7, 11) is 1.34. The summed E-state index contributed by atoms with van der Waals surface area (Å²) in [5, 5.41) is 13.6. The Morgan fingerprint density at radius 1 is 1.50 bits per heavy atom. The number of nitrogens with one attached hydrogen (secondary N) is 2. The van der Waals surface area contributed by atoms with Crippen molar-refractivity contribution in [2.75, 3.05) is 19.0 Å². The van der Waals surface area contributed by atoms with E-state index in [4.69, 9.17) is 21.4 Å². The molecular formula is C12H14ClFN2O4. The minimum Gasteiger partial charge on any atom is -0.481 e. The number of urea groups is 1. The maximum atomic E-state index is 13.0. The molecule has 0 spiro atoms. The van der Waals surface area contributed by atoms with Crippen LogP contribution in [0.5, 0.6) is 0 Å². The first kappa shape index (κ1) is 16.2. The van der Waals surface area contributed by atoms with Gasteiger partial charge in [0, 0.05) is 13.7 Å². The molecule has 0 aromatic heterocycles. The van der Waals surface area contributed by atoms with Crippen LogP contribution in [-0.4, -0.2) is 36.9 Å². The summed E-state index contributed by atoms with van der Waals surface area (Å²) in [4.78, 5) is 22.1. The number of benzene rings is 1. The van der Waals surface area contributed by atoms with Gasteiger partial charge in [0.1, 0.15) is 5.82 Å². The average Bonchev–Trinajstić information content (AvgIpc) is 2.38. The second-order valence-corrected chi connectivity index (χ2v) is 4.32. The Hall–Kier alpha value is -1.86. The summed E-state index contributed by atoms with van der Waals surface area (Å²) >= 11 is 5.79. The summed E-state index contributed by atoms with van der Waals surface area (Å²) < 4.78 is 17.9. The van der Waals surface area contributed by atoms with Crippen LogP contribution in [0.25, 0.3) is 0 Å². The molecule has 110 valence electrons. The van der Waals surface area contributed by atoms with E-state index in [0.717, 1.165) is 6.07 Å². The lowest BCUT2D eigenvalue weighted by Gasteiger charge is -2.14. The number of anilines is 1. The SMILES string of the molecule is COC(CNC(=O)Nc1cc(F)ccc1Cl)CC(=O)O. The van der Waals surface area contributed by atoms with Crippen molar-refractivity contribution >= 4 is 29.3 Å². The number of carboxylic acids is 1. The van der Waals surface area contributed by atoms with Crippen molar-refractivity contribution in [1.29, 1.82) is 0 Å². The van der Waals surface area contributed by atoms with E-state index in [1.807, 2.05) is 0 Å². The quantitative estimate of drug-likeness (QED) is 0.751. The number of carboxylic acid groups (broad SMARTS) is 1. The molecule has 0 aliphatic heterocycles. The minimum absolute atomic E-state index is 0.00156. The maximum Gasteiger partial charge on any atom is 0.319 e. The smallest absolute Gasteiger partial charge is 0.319 e. The fourth-order valence-electron chi connectivity index (χ4n) is 1.40. The Bertz CT molecular complexity index is 498. The highest BCUT2D eigenvalue weighted by atomic mass is 35.5. The Kier molecular flexibility index (Phi) is 6.20. The predicted molar refractivity (Wildman–Crippen MR) is 71.5 cm³/mol. The van der Waals surface area contributed by atoms with Gasteiger partial charge in [-0.05, 0) is 18.2 Å².